The fourth-order valence-electron chi connectivity index (χ4n) is 1.95. The van der Waals surface area contributed by atoms with Crippen molar-refractivity contribution in [2.75, 3.05) is 26.2 Å². The van der Waals surface area contributed by atoms with Crippen LogP contribution in [-0.4, -0.2) is 37.2 Å². The molecule has 0 aromatic carbocycles. The van der Waals surface area contributed by atoms with E-state index in [4.69, 9.17) is 14.9 Å². The third-order valence-corrected chi connectivity index (χ3v) is 2.94. The number of nitrogens with zero attached hydrogens (tertiary/aromatic N) is 1. The number of hydrogen-bond donors (Lipinski definition) is 1. The van der Waals surface area contributed by atoms with Crippen LogP contribution in [0.25, 0.3) is 0 Å². The molecule has 2 heterocycles. The van der Waals surface area contributed by atoms with Crippen molar-refractivity contribution in [3.05, 3.63) is 24.2 Å². The van der Waals surface area contributed by atoms with E-state index in [9.17, 15) is 0 Å². The summed E-state index contributed by atoms with van der Waals surface area (Å²) in [5.74, 6) is 1.01. The predicted molar refractivity (Wildman–Crippen MR) is 57.5 cm³/mol. The Balaban J connectivity index is 1.98. The van der Waals surface area contributed by atoms with Crippen molar-refractivity contribution < 1.29 is 9.15 Å². The molecule has 0 amide bonds. The van der Waals surface area contributed by atoms with Gasteiger partial charge in [0, 0.05) is 19.6 Å². The standard InChI is InChI=1S/C11H18N2O2/c1-9(11-3-2-5-15-11)13-4-6-14-10(7-12)8-13/h2-3,5,9-10H,4,6-8,12H2,1H3. The lowest BCUT2D eigenvalue weighted by atomic mass is 10.1. The summed E-state index contributed by atoms with van der Waals surface area (Å²) < 4.78 is 10.9. The van der Waals surface area contributed by atoms with Gasteiger partial charge in [-0.3, -0.25) is 4.90 Å². The molecule has 1 fully saturated rings. The van der Waals surface area contributed by atoms with Crippen molar-refractivity contribution in [2.45, 2.75) is 19.1 Å². The second kappa shape index (κ2) is 4.79. The molecule has 2 unspecified atom stereocenters. The minimum Gasteiger partial charge on any atom is -0.468 e. The Morgan fingerprint density at radius 2 is 2.53 bits per heavy atom. The third-order valence-electron chi connectivity index (χ3n) is 2.94. The van der Waals surface area contributed by atoms with Gasteiger partial charge in [0.15, 0.2) is 0 Å². The first kappa shape index (κ1) is 10.7. The molecule has 0 bridgehead atoms. The van der Waals surface area contributed by atoms with Gasteiger partial charge in [-0.15, -0.1) is 0 Å². The monoisotopic (exact) mass is 210 g/mol. The summed E-state index contributed by atoms with van der Waals surface area (Å²) in [7, 11) is 0. The van der Waals surface area contributed by atoms with Crippen molar-refractivity contribution in [1.82, 2.24) is 4.90 Å². The van der Waals surface area contributed by atoms with Crippen molar-refractivity contribution >= 4 is 0 Å². The Hall–Kier alpha value is -0.840. The zero-order valence-corrected chi connectivity index (χ0v) is 9.06. The highest BCUT2D eigenvalue weighted by atomic mass is 16.5. The summed E-state index contributed by atoms with van der Waals surface area (Å²) in [6.07, 6.45) is 1.88. The fourth-order valence-corrected chi connectivity index (χ4v) is 1.95. The second-order valence-corrected chi connectivity index (χ2v) is 3.91. The molecule has 1 aliphatic rings. The van der Waals surface area contributed by atoms with Crippen LogP contribution in [0.2, 0.25) is 0 Å². The first-order chi connectivity index (χ1) is 7.31. The van der Waals surface area contributed by atoms with Gasteiger partial charge in [-0.2, -0.15) is 0 Å². The van der Waals surface area contributed by atoms with Gasteiger partial charge in [-0.1, -0.05) is 0 Å². The number of ether oxygens (including phenoxy) is 1. The number of hydrogen-bond acceptors (Lipinski definition) is 4. The molecule has 1 aliphatic heterocycles. The van der Waals surface area contributed by atoms with Crippen LogP contribution < -0.4 is 5.73 Å². The van der Waals surface area contributed by atoms with Crippen LogP contribution in [0.3, 0.4) is 0 Å². The predicted octanol–water partition coefficient (Wildman–Crippen LogP) is 1.00. The summed E-state index contributed by atoms with van der Waals surface area (Å²) in [4.78, 5) is 2.35. The highest BCUT2D eigenvalue weighted by molar-refractivity contribution is 5.04. The molecule has 4 heteroatoms. The SMILES string of the molecule is CC(c1ccco1)N1CCOC(CN)C1. The van der Waals surface area contributed by atoms with Gasteiger partial charge in [0.2, 0.25) is 0 Å². The van der Waals surface area contributed by atoms with E-state index in [0.717, 1.165) is 25.5 Å². The zero-order valence-electron chi connectivity index (χ0n) is 9.06. The highest BCUT2D eigenvalue weighted by Crippen LogP contribution is 2.22. The summed E-state index contributed by atoms with van der Waals surface area (Å²) in [5, 5.41) is 0. The smallest absolute Gasteiger partial charge is 0.120 e. The topological polar surface area (TPSA) is 51.6 Å². The number of furan rings is 1. The summed E-state index contributed by atoms with van der Waals surface area (Å²) in [6.45, 7) is 5.32. The molecule has 1 aromatic rings. The third kappa shape index (κ3) is 2.40. The van der Waals surface area contributed by atoms with Crippen LogP contribution in [0.1, 0.15) is 18.7 Å². The maximum absolute atomic E-state index is 5.61. The van der Waals surface area contributed by atoms with Gasteiger partial charge >= 0.3 is 0 Å². The zero-order chi connectivity index (χ0) is 10.7. The number of morpholine rings is 1. The van der Waals surface area contributed by atoms with Crippen LogP contribution >= 0.6 is 0 Å². The van der Waals surface area contributed by atoms with Crippen LogP contribution in [0.4, 0.5) is 0 Å². The molecule has 0 saturated carbocycles. The molecule has 4 nitrogen and oxygen atoms in total. The molecule has 1 saturated heterocycles. The van der Waals surface area contributed by atoms with E-state index in [2.05, 4.69) is 11.8 Å². The lowest BCUT2D eigenvalue weighted by molar-refractivity contribution is -0.0390. The summed E-state index contributed by atoms with van der Waals surface area (Å²) in [5.41, 5.74) is 5.61. The van der Waals surface area contributed by atoms with Gasteiger partial charge in [0.1, 0.15) is 5.76 Å². The Kier molecular flexibility index (Phi) is 3.41. The average molecular weight is 210 g/mol. The maximum atomic E-state index is 5.61. The molecule has 15 heavy (non-hydrogen) atoms. The molecule has 2 N–H and O–H groups in total. The van der Waals surface area contributed by atoms with Crippen LogP contribution in [0, 0.1) is 0 Å². The molecule has 0 aliphatic carbocycles. The van der Waals surface area contributed by atoms with Gasteiger partial charge < -0.3 is 14.9 Å². The first-order valence-electron chi connectivity index (χ1n) is 5.40. The van der Waals surface area contributed by atoms with Crippen molar-refractivity contribution in [3.63, 3.8) is 0 Å². The summed E-state index contributed by atoms with van der Waals surface area (Å²) >= 11 is 0. The average Bonchev–Trinajstić information content (AvgIpc) is 2.81. The minimum absolute atomic E-state index is 0.163. The molecular formula is C11H18N2O2. The summed E-state index contributed by atoms with van der Waals surface area (Å²) in [6, 6.07) is 4.24. The molecular weight excluding hydrogens is 192 g/mol. The van der Waals surface area contributed by atoms with E-state index in [1.807, 2.05) is 12.1 Å². The van der Waals surface area contributed by atoms with E-state index >= 15 is 0 Å². The van der Waals surface area contributed by atoms with E-state index in [1.165, 1.54) is 0 Å². The Morgan fingerprint density at radius 3 is 3.20 bits per heavy atom. The molecule has 2 rings (SSSR count). The van der Waals surface area contributed by atoms with Crippen molar-refractivity contribution in [3.8, 4) is 0 Å². The van der Waals surface area contributed by atoms with E-state index in [-0.39, 0.29) is 6.10 Å². The Bertz CT molecular complexity index is 287. The highest BCUT2D eigenvalue weighted by Gasteiger charge is 2.25. The van der Waals surface area contributed by atoms with Gasteiger partial charge in [-0.25, -0.2) is 0 Å². The van der Waals surface area contributed by atoms with E-state index < -0.39 is 0 Å². The van der Waals surface area contributed by atoms with Crippen LogP contribution in [0.15, 0.2) is 22.8 Å². The van der Waals surface area contributed by atoms with E-state index in [1.54, 1.807) is 6.26 Å². The maximum Gasteiger partial charge on any atom is 0.120 e. The molecule has 1 aromatic heterocycles. The Labute approximate surface area is 90.0 Å². The lowest BCUT2D eigenvalue weighted by Crippen LogP contribution is -2.46. The van der Waals surface area contributed by atoms with E-state index in [0.29, 0.717) is 12.6 Å². The largest absolute Gasteiger partial charge is 0.468 e. The lowest BCUT2D eigenvalue weighted by Gasteiger charge is -2.35. The molecule has 84 valence electrons. The van der Waals surface area contributed by atoms with Gasteiger partial charge in [0.25, 0.3) is 0 Å². The van der Waals surface area contributed by atoms with Crippen LogP contribution in [0.5, 0.6) is 0 Å². The normalized spacial score (nSPS) is 25.3. The quantitative estimate of drug-likeness (QED) is 0.808. The van der Waals surface area contributed by atoms with Gasteiger partial charge in [-0.05, 0) is 19.1 Å². The number of nitrogens with two attached hydrogens (primary N) is 1. The molecule has 0 radical (unpaired) electrons. The molecule has 0 spiro atoms. The fraction of sp³-hybridized carbons (Fsp3) is 0.636. The Morgan fingerprint density at radius 1 is 1.67 bits per heavy atom. The molecule has 2 atom stereocenters. The van der Waals surface area contributed by atoms with Crippen LogP contribution in [-0.2, 0) is 4.74 Å². The van der Waals surface area contributed by atoms with Crippen molar-refractivity contribution in [2.24, 2.45) is 5.73 Å². The number of rotatable bonds is 3. The minimum atomic E-state index is 0.163. The van der Waals surface area contributed by atoms with Crippen molar-refractivity contribution in [1.29, 1.82) is 0 Å². The first-order valence-corrected chi connectivity index (χ1v) is 5.40. The second-order valence-electron chi connectivity index (χ2n) is 3.91. The van der Waals surface area contributed by atoms with Gasteiger partial charge in [0.05, 0.1) is 25.0 Å².